The van der Waals surface area contributed by atoms with Crippen LogP contribution < -0.4 is 5.32 Å². The number of carbonyl (C=O) groups is 1. The van der Waals surface area contributed by atoms with E-state index in [1.54, 1.807) is 30.5 Å². The summed E-state index contributed by atoms with van der Waals surface area (Å²) in [6.45, 7) is 0. The Balaban J connectivity index is 2.05. The number of azide groups is 1. The van der Waals surface area contributed by atoms with Crippen molar-refractivity contribution in [2.75, 3.05) is 5.32 Å². The first-order valence-corrected chi connectivity index (χ1v) is 6.90. The maximum absolute atomic E-state index is 12.4. The monoisotopic (exact) mass is 295 g/mol. The molecule has 1 N–H and O–H groups in total. The number of para-hydroxylation sites is 1. The van der Waals surface area contributed by atoms with Gasteiger partial charge in [0.15, 0.2) is 0 Å². The smallest absolute Gasteiger partial charge is 0.266 e. The normalized spacial score (nSPS) is 10.1. The molecule has 21 heavy (non-hydrogen) atoms. The van der Waals surface area contributed by atoms with Crippen LogP contribution in [-0.2, 0) is 0 Å². The largest absolute Gasteiger partial charge is 0.321 e. The molecule has 3 aromatic rings. The Morgan fingerprint density at radius 1 is 1.24 bits per heavy atom. The molecule has 1 amide bonds. The number of fused-ring (bicyclic) bond motifs is 1. The van der Waals surface area contributed by atoms with Crippen molar-refractivity contribution in [3.05, 3.63) is 64.0 Å². The fraction of sp³-hybridized carbons (Fsp3) is 0. The fourth-order valence-corrected chi connectivity index (χ4v) is 2.90. The van der Waals surface area contributed by atoms with Gasteiger partial charge in [-0.3, -0.25) is 4.79 Å². The van der Waals surface area contributed by atoms with E-state index in [9.17, 15) is 4.79 Å². The van der Waals surface area contributed by atoms with Crippen molar-refractivity contribution in [3.63, 3.8) is 0 Å². The third kappa shape index (κ3) is 2.55. The molecule has 1 aromatic carbocycles. The molecular weight excluding hydrogens is 286 g/mol. The zero-order chi connectivity index (χ0) is 14.7. The minimum Gasteiger partial charge on any atom is -0.321 e. The number of hydrogen-bond acceptors (Lipinski definition) is 4. The molecule has 6 nitrogen and oxygen atoms in total. The van der Waals surface area contributed by atoms with E-state index in [-0.39, 0.29) is 5.91 Å². The van der Waals surface area contributed by atoms with Crippen molar-refractivity contribution < 1.29 is 4.79 Å². The van der Waals surface area contributed by atoms with Crippen LogP contribution in [0.1, 0.15) is 9.67 Å². The lowest BCUT2D eigenvalue weighted by Gasteiger charge is -2.03. The molecule has 0 fully saturated rings. The highest BCUT2D eigenvalue weighted by Crippen LogP contribution is 2.37. The maximum Gasteiger partial charge on any atom is 0.266 e. The number of benzene rings is 1. The molecule has 2 aromatic heterocycles. The minimum absolute atomic E-state index is 0.313. The number of amides is 1. The van der Waals surface area contributed by atoms with E-state index in [2.05, 4.69) is 20.3 Å². The molecule has 0 aliphatic carbocycles. The summed E-state index contributed by atoms with van der Waals surface area (Å²) in [5.41, 5.74) is 9.70. The second-order valence-electron chi connectivity index (χ2n) is 4.15. The Kier molecular flexibility index (Phi) is 3.51. The van der Waals surface area contributed by atoms with Gasteiger partial charge in [-0.15, -0.1) is 11.3 Å². The van der Waals surface area contributed by atoms with Gasteiger partial charge in [-0.2, -0.15) is 0 Å². The highest BCUT2D eigenvalue weighted by Gasteiger charge is 2.18. The van der Waals surface area contributed by atoms with E-state index in [0.29, 0.717) is 26.5 Å². The summed E-state index contributed by atoms with van der Waals surface area (Å²) >= 11 is 1.20. The van der Waals surface area contributed by atoms with Gasteiger partial charge in [0.2, 0.25) is 0 Å². The molecule has 0 unspecified atom stereocenters. The number of anilines is 1. The zero-order valence-electron chi connectivity index (χ0n) is 10.7. The fourth-order valence-electron chi connectivity index (χ4n) is 1.93. The van der Waals surface area contributed by atoms with Crippen LogP contribution in [0.15, 0.2) is 53.8 Å². The number of pyridine rings is 1. The first-order valence-electron chi connectivity index (χ1n) is 6.08. The van der Waals surface area contributed by atoms with Crippen molar-refractivity contribution in [1.29, 1.82) is 0 Å². The van der Waals surface area contributed by atoms with Crippen molar-refractivity contribution >= 4 is 38.8 Å². The van der Waals surface area contributed by atoms with Crippen LogP contribution in [0.3, 0.4) is 0 Å². The second kappa shape index (κ2) is 5.62. The van der Waals surface area contributed by atoms with E-state index in [0.717, 1.165) is 0 Å². The standard InChI is InChI=1S/C14H9N5OS/c15-19-18-11-10-7-4-8-16-14(10)21-12(11)13(20)17-9-5-2-1-3-6-9/h1-8H,(H,17,20). The van der Waals surface area contributed by atoms with Gasteiger partial charge in [-0.1, -0.05) is 23.3 Å². The Bertz CT molecular complexity index is 852. The van der Waals surface area contributed by atoms with Crippen LogP contribution in [-0.4, -0.2) is 10.9 Å². The van der Waals surface area contributed by atoms with Crippen molar-refractivity contribution in [2.45, 2.75) is 0 Å². The number of nitrogens with zero attached hydrogens (tertiary/aromatic N) is 4. The Morgan fingerprint density at radius 2 is 2.05 bits per heavy atom. The Hall–Kier alpha value is -2.89. The number of carbonyl (C=O) groups excluding carboxylic acids is 1. The number of rotatable bonds is 3. The summed E-state index contributed by atoms with van der Waals surface area (Å²) in [6.07, 6.45) is 1.64. The molecule has 3 rings (SSSR count). The van der Waals surface area contributed by atoms with Crippen LogP contribution in [0.25, 0.3) is 20.7 Å². The van der Waals surface area contributed by atoms with E-state index < -0.39 is 0 Å². The van der Waals surface area contributed by atoms with Gasteiger partial charge < -0.3 is 5.32 Å². The van der Waals surface area contributed by atoms with E-state index >= 15 is 0 Å². The molecule has 0 saturated carbocycles. The molecule has 0 saturated heterocycles. The molecule has 0 spiro atoms. The average Bonchev–Trinajstić information content (AvgIpc) is 2.88. The van der Waals surface area contributed by atoms with Crippen molar-refractivity contribution in [2.24, 2.45) is 5.11 Å². The lowest BCUT2D eigenvalue weighted by molar-refractivity contribution is 0.103. The molecule has 7 heteroatoms. The van der Waals surface area contributed by atoms with Gasteiger partial charge in [0.25, 0.3) is 5.91 Å². The first-order chi connectivity index (χ1) is 10.3. The van der Waals surface area contributed by atoms with E-state index in [1.807, 2.05) is 18.2 Å². The molecule has 0 aliphatic rings. The second-order valence-corrected chi connectivity index (χ2v) is 5.14. The van der Waals surface area contributed by atoms with Crippen molar-refractivity contribution in [3.8, 4) is 0 Å². The first kappa shape index (κ1) is 13.1. The van der Waals surface area contributed by atoms with Crippen LogP contribution in [0.5, 0.6) is 0 Å². The van der Waals surface area contributed by atoms with E-state index in [4.69, 9.17) is 5.53 Å². The summed E-state index contributed by atoms with van der Waals surface area (Å²) in [5, 5.41) is 7.11. The summed E-state index contributed by atoms with van der Waals surface area (Å²) in [4.78, 5) is 20.4. The quantitative estimate of drug-likeness (QED) is 0.438. The SMILES string of the molecule is [N-]=[N+]=Nc1c(C(=O)Nc2ccccc2)sc2ncccc12. The molecule has 0 bridgehead atoms. The molecule has 0 aliphatic heterocycles. The highest BCUT2D eigenvalue weighted by molar-refractivity contribution is 7.21. The summed E-state index contributed by atoms with van der Waals surface area (Å²) in [6, 6.07) is 12.6. The maximum atomic E-state index is 12.4. The number of aromatic nitrogens is 1. The van der Waals surface area contributed by atoms with Crippen LogP contribution in [0.2, 0.25) is 0 Å². The number of nitrogens with one attached hydrogen (secondary N) is 1. The van der Waals surface area contributed by atoms with Gasteiger partial charge in [0.05, 0.1) is 5.69 Å². The predicted molar refractivity (Wildman–Crippen MR) is 82.8 cm³/mol. The average molecular weight is 295 g/mol. The van der Waals surface area contributed by atoms with Gasteiger partial charge in [0, 0.05) is 22.2 Å². The minimum atomic E-state index is -0.313. The lowest BCUT2D eigenvalue weighted by Crippen LogP contribution is -2.10. The summed E-state index contributed by atoms with van der Waals surface area (Å²) < 4.78 is 0. The third-order valence-electron chi connectivity index (χ3n) is 2.82. The zero-order valence-corrected chi connectivity index (χ0v) is 11.5. The molecular formula is C14H9N5OS. The van der Waals surface area contributed by atoms with Gasteiger partial charge in [-0.25, -0.2) is 4.98 Å². The van der Waals surface area contributed by atoms with Crippen LogP contribution in [0, 0.1) is 0 Å². The Labute approximate surface area is 123 Å². The lowest BCUT2D eigenvalue weighted by atomic mass is 10.2. The highest BCUT2D eigenvalue weighted by atomic mass is 32.1. The molecule has 102 valence electrons. The molecule has 0 atom stereocenters. The third-order valence-corrected chi connectivity index (χ3v) is 3.92. The van der Waals surface area contributed by atoms with Crippen LogP contribution in [0.4, 0.5) is 11.4 Å². The summed E-state index contributed by atoms with van der Waals surface area (Å²) in [7, 11) is 0. The van der Waals surface area contributed by atoms with Gasteiger partial charge >= 0.3 is 0 Å². The van der Waals surface area contributed by atoms with Crippen LogP contribution >= 0.6 is 11.3 Å². The summed E-state index contributed by atoms with van der Waals surface area (Å²) in [5.74, 6) is -0.313. The van der Waals surface area contributed by atoms with E-state index in [1.165, 1.54) is 11.3 Å². The van der Waals surface area contributed by atoms with Gasteiger partial charge in [0.1, 0.15) is 9.71 Å². The molecule has 2 heterocycles. The Morgan fingerprint density at radius 3 is 2.81 bits per heavy atom. The molecule has 0 radical (unpaired) electrons. The number of thiophene rings is 1. The topological polar surface area (TPSA) is 90.8 Å². The van der Waals surface area contributed by atoms with Gasteiger partial charge in [-0.05, 0) is 29.8 Å². The van der Waals surface area contributed by atoms with Crippen molar-refractivity contribution in [1.82, 2.24) is 4.98 Å². The predicted octanol–water partition coefficient (Wildman–Crippen LogP) is 4.49. The number of hydrogen-bond donors (Lipinski definition) is 1.